The lowest BCUT2D eigenvalue weighted by molar-refractivity contribution is -0.122. The number of rotatable bonds is 5. The van der Waals surface area contributed by atoms with Gasteiger partial charge in [0.1, 0.15) is 6.54 Å². The number of amides is 1. The van der Waals surface area contributed by atoms with Crippen LogP contribution in [0, 0.1) is 0 Å². The van der Waals surface area contributed by atoms with E-state index in [1.165, 1.54) is 10.6 Å². The number of carbonyl (C=O) groups excluding carboxylic acids is 1. The average molecular weight is 305 g/mol. The van der Waals surface area contributed by atoms with Crippen molar-refractivity contribution in [2.75, 3.05) is 0 Å². The van der Waals surface area contributed by atoms with Crippen molar-refractivity contribution in [2.24, 2.45) is 0 Å². The van der Waals surface area contributed by atoms with E-state index in [0.717, 1.165) is 12.0 Å². The second-order valence-electron chi connectivity index (χ2n) is 4.75. The Bertz CT molecular complexity index is 664. The maximum absolute atomic E-state index is 12.1. The summed E-state index contributed by atoms with van der Waals surface area (Å²) in [4.78, 5) is 23.7. The van der Waals surface area contributed by atoms with Gasteiger partial charge in [-0.15, -0.1) is 0 Å². The second-order valence-corrected chi connectivity index (χ2v) is 5.18. The first-order valence-corrected chi connectivity index (χ1v) is 7.18. The molecule has 4 nitrogen and oxygen atoms in total. The highest BCUT2D eigenvalue weighted by Crippen LogP contribution is 2.19. The van der Waals surface area contributed by atoms with Crippen molar-refractivity contribution in [2.45, 2.75) is 25.9 Å². The lowest BCUT2D eigenvalue weighted by Gasteiger charge is -2.18. The zero-order valence-electron chi connectivity index (χ0n) is 11.8. The lowest BCUT2D eigenvalue weighted by Crippen LogP contribution is -2.34. The fourth-order valence-electron chi connectivity index (χ4n) is 2.10. The van der Waals surface area contributed by atoms with E-state index in [9.17, 15) is 9.59 Å². The van der Waals surface area contributed by atoms with Crippen molar-refractivity contribution in [3.05, 3.63) is 69.6 Å². The molecule has 110 valence electrons. The first kappa shape index (κ1) is 15.3. The topological polar surface area (TPSA) is 51.1 Å². The highest BCUT2D eigenvalue weighted by molar-refractivity contribution is 6.30. The molecule has 1 aromatic heterocycles. The van der Waals surface area contributed by atoms with Gasteiger partial charge in [-0.25, -0.2) is 0 Å². The van der Waals surface area contributed by atoms with Crippen molar-refractivity contribution < 1.29 is 4.79 Å². The normalized spacial score (nSPS) is 11.9. The minimum absolute atomic E-state index is 0.0176. The highest BCUT2D eigenvalue weighted by atomic mass is 35.5. The third kappa shape index (κ3) is 4.20. The largest absolute Gasteiger partial charge is 0.348 e. The Labute approximate surface area is 128 Å². The molecule has 1 aromatic carbocycles. The zero-order chi connectivity index (χ0) is 15.2. The molecule has 0 saturated heterocycles. The molecule has 0 radical (unpaired) electrons. The van der Waals surface area contributed by atoms with Gasteiger partial charge in [0.2, 0.25) is 5.91 Å². The van der Waals surface area contributed by atoms with Crippen molar-refractivity contribution in [1.29, 1.82) is 0 Å². The predicted octanol–water partition coefficient (Wildman–Crippen LogP) is 2.77. The van der Waals surface area contributed by atoms with Crippen LogP contribution in [0.1, 0.15) is 24.9 Å². The molecular formula is C16H17ClN2O2. The van der Waals surface area contributed by atoms with Gasteiger partial charge >= 0.3 is 0 Å². The molecule has 0 aliphatic rings. The molecule has 0 fully saturated rings. The number of hydrogen-bond donors (Lipinski definition) is 1. The van der Waals surface area contributed by atoms with E-state index < -0.39 is 0 Å². The Morgan fingerprint density at radius 2 is 1.95 bits per heavy atom. The van der Waals surface area contributed by atoms with Crippen molar-refractivity contribution in [3.8, 4) is 0 Å². The van der Waals surface area contributed by atoms with Crippen LogP contribution < -0.4 is 10.9 Å². The summed E-state index contributed by atoms with van der Waals surface area (Å²) in [5, 5.41) is 3.60. The standard InChI is InChI=1S/C16H17ClN2O2/c1-2-14(12-6-8-13(17)9-7-12)18-15(20)11-19-10-4-3-5-16(19)21/h3-10,14H,2,11H2,1H3,(H,18,20)/t14-/m0/s1. The summed E-state index contributed by atoms with van der Waals surface area (Å²) in [5.74, 6) is -0.190. The number of pyridine rings is 1. The van der Waals surface area contributed by atoms with Gasteiger partial charge in [-0.3, -0.25) is 9.59 Å². The van der Waals surface area contributed by atoms with Crippen LogP contribution in [-0.4, -0.2) is 10.5 Å². The molecule has 1 atom stereocenters. The van der Waals surface area contributed by atoms with Gasteiger partial charge in [-0.2, -0.15) is 0 Å². The molecule has 2 rings (SSSR count). The molecule has 0 unspecified atom stereocenters. The first-order chi connectivity index (χ1) is 10.1. The van der Waals surface area contributed by atoms with Crippen molar-refractivity contribution in [1.82, 2.24) is 9.88 Å². The van der Waals surface area contributed by atoms with E-state index in [1.807, 2.05) is 19.1 Å². The monoisotopic (exact) mass is 304 g/mol. The number of nitrogens with zero attached hydrogens (tertiary/aromatic N) is 1. The maximum atomic E-state index is 12.1. The van der Waals surface area contributed by atoms with Gasteiger partial charge in [0, 0.05) is 17.3 Å². The fraction of sp³-hybridized carbons (Fsp3) is 0.250. The number of nitrogens with one attached hydrogen (secondary N) is 1. The SMILES string of the molecule is CC[C@H](NC(=O)Cn1ccccc1=O)c1ccc(Cl)cc1. The third-order valence-corrected chi connectivity index (χ3v) is 3.48. The Morgan fingerprint density at radius 1 is 1.24 bits per heavy atom. The van der Waals surface area contributed by atoms with Crippen LogP contribution in [0.2, 0.25) is 5.02 Å². The Kier molecular flexibility index (Phi) is 5.17. The van der Waals surface area contributed by atoms with Gasteiger partial charge in [-0.05, 0) is 30.2 Å². The molecular weight excluding hydrogens is 288 g/mol. The molecule has 5 heteroatoms. The van der Waals surface area contributed by atoms with E-state index in [4.69, 9.17) is 11.6 Å². The van der Waals surface area contributed by atoms with Crippen molar-refractivity contribution >= 4 is 17.5 Å². The number of aromatic nitrogens is 1. The van der Waals surface area contributed by atoms with E-state index >= 15 is 0 Å². The van der Waals surface area contributed by atoms with Crippen LogP contribution in [0.15, 0.2) is 53.5 Å². The molecule has 1 N–H and O–H groups in total. The van der Waals surface area contributed by atoms with Crippen LogP contribution in [-0.2, 0) is 11.3 Å². The second kappa shape index (κ2) is 7.09. The number of benzene rings is 1. The molecule has 0 aliphatic carbocycles. The highest BCUT2D eigenvalue weighted by Gasteiger charge is 2.13. The third-order valence-electron chi connectivity index (χ3n) is 3.23. The molecule has 21 heavy (non-hydrogen) atoms. The maximum Gasteiger partial charge on any atom is 0.250 e. The summed E-state index contributed by atoms with van der Waals surface area (Å²) in [6.45, 7) is 2.01. The van der Waals surface area contributed by atoms with E-state index in [2.05, 4.69) is 5.32 Å². The average Bonchev–Trinajstić information content (AvgIpc) is 2.48. The summed E-state index contributed by atoms with van der Waals surface area (Å²) >= 11 is 5.86. The van der Waals surface area contributed by atoms with E-state index in [1.54, 1.807) is 30.5 Å². The van der Waals surface area contributed by atoms with Crippen LogP contribution >= 0.6 is 11.6 Å². The zero-order valence-corrected chi connectivity index (χ0v) is 12.5. The predicted molar refractivity (Wildman–Crippen MR) is 83.3 cm³/mol. The smallest absolute Gasteiger partial charge is 0.250 e. The molecule has 0 spiro atoms. The molecule has 0 aliphatic heterocycles. The molecule has 1 amide bonds. The van der Waals surface area contributed by atoms with Gasteiger partial charge in [0.05, 0.1) is 6.04 Å². The summed E-state index contributed by atoms with van der Waals surface area (Å²) in [6, 6.07) is 12.1. The van der Waals surface area contributed by atoms with E-state index in [0.29, 0.717) is 5.02 Å². The van der Waals surface area contributed by atoms with Crippen LogP contribution in [0.5, 0.6) is 0 Å². The summed E-state index contributed by atoms with van der Waals surface area (Å²) in [6.07, 6.45) is 2.36. The van der Waals surface area contributed by atoms with Crippen LogP contribution in [0.25, 0.3) is 0 Å². The lowest BCUT2D eigenvalue weighted by atomic mass is 10.0. The Hall–Kier alpha value is -2.07. The fourth-order valence-corrected chi connectivity index (χ4v) is 2.23. The first-order valence-electron chi connectivity index (χ1n) is 6.80. The van der Waals surface area contributed by atoms with Gasteiger partial charge in [0.15, 0.2) is 0 Å². The summed E-state index contributed by atoms with van der Waals surface area (Å²) in [5.41, 5.74) is 0.808. The van der Waals surface area contributed by atoms with Crippen LogP contribution in [0.4, 0.5) is 0 Å². The number of hydrogen-bond acceptors (Lipinski definition) is 2. The Balaban J connectivity index is 2.05. The van der Waals surface area contributed by atoms with E-state index in [-0.39, 0.29) is 24.1 Å². The van der Waals surface area contributed by atoms with Crippen LogP contribution in [0.3, 0.4) is 0 Å². The van der Waals surface area contributed by atoms with Gasteiger partial charge in [0.25, 0.3) is 5.56 Å². The Morgan fingerprint density at radius 3 is 2.57 bits per heavy atom. The summed E-state index contributed by atoms with van der Waals surface area (Å²) in [7, 11) is 0. The number of carbonyl (C=O) groups is 1. The minimum atomic E-state index is -0.190. The molecule has 1 heterocycles. The molecule has 2 aromatic rings. The molecule has 0 saturated carbocycles. The van der Waals surface area contributed by atoms with Gasteiger partial charge in [-0.1, -0.05) is 36.7 Å². The quantitative estimate of drug-likeness (QED) is 0.923. The molecule has 0 bridgehead atoms. The van der Waals surface area contributed by atoms with Crippen molar-refractivity contribution in [3.63, 3.8) is 0 Å². The minimum Gasteiger partial charge on any atom is -0.348 e. The van der Waals surface area contributed by atoms with Gasteiger partial charge < -0.3 is 9.88 Å². The summed E-state index contributed by atoms with van der Waals surface area (Å²) < 4.78 is 1.38. The number of halogens is 1.